The van der Waals surface area contributed by atoms with Crippen LogP contribution in [0.15, 0.2) is 64.9 Å². The SMILES string of the molecule is O=C(Cc1csc(NC(=O)c2ccco2)n1)NCc1cnn(-c2ccc(Cl)cc2)c1. The lowest BCUT2D eigenvalue weighted by atomic mass is 10.3. The number of nitrogens with zero attached hydrogens (tertiary/aromatic N) is 3. The standard InChI is InChI=1S/C20H16ClN5O3S/c21-14-3-5-16(6-4-14)26-11-13(10-23-26)9-22-18(27)8-15-12-30-20(24-15)25-19(28)17-2-1-7-29-17/h1-7,10-12H,8-9H2,(H,22,27)(H,24,25,28). The number of nitrogens with one attached hydrogen (secondary N) is 2. The molecule has 3 heterocycles. The summed E-state index contributed by atoms with van der Waals surface area (Å²) in [4.78, 5) is 28.4. The van der Waals surface area contributed by atoms with Gasteiger partial charge in [0.1, 0.15) is 0 Å². The second-order valence-corrected chi connectivity index (χ2v) is 7.59. The van der Waals surface area contributed by atoms with Crippen molar-refractivity contribution >= 4 is 39.9 Å². The fraction of sp³-hybridized carbons (Fsp3) is 0.100. The molecule has 0 atom stereocenters. The van der Waals surface area contributed by atoms with Crippen LogP contribution in [0, 0.1) is 0 Å². The van der Waals surface area contributed by atoms with Crippen LogP contribution in [0.1, 0.15) is 21.8 Å². The van der Waals surface area contributed by atoms with E-state index in [0.29, 0.717) is 22.4 Å². The van der Waals surface area contributed by atoms with Gasteiger partial charge < -0.3 is 9.73 Å². The largest absolute Gasteiger partial charge is 0.459 e. The second kappa shape index (κ2) is 8.93. The van der Waals surface area contributed by atoms with Crippen LogP contribution in [-0.2, 0) is 17.8 Å². The number of benzene rings is 1. The molecule has 152 valence electrons. The van der Waals surface area contributed by atoms with Gasteiger partial charge in [-0.25, -0.2) is 9.67 Å². The molecule has 0 saturated carbocycles. The summed E-state index contributed by atoms with van der Waals surface area (Å²) >= 11 is 7.14. The molecule has 0 spiro atoms. The third-order valence-electron chi connectivity index (χ3n) is 4.08. The van der Waals surface area contributed by atoms with E-state index in [4.69, 9.17) is 16.0 Å². The number of thiazole rings is 1. The Morgan fingerprint density at radius 3 is 2.80 bits per heavy atom. The lowest BCUT2D eigenvalue weighted by molar-refractivity contribution is -0.120. The fourth-order valence-corrected chi connectivity index (χ4v) is 3.46. The molecule has 0 aliphatic rings. The number of halogens is 1. The molecule has 8 nitrogen and oxygen atoms in total. The van der Waals surface area contributed by atoms with Crippen LogP contribution in [0.2, 0.25) is 5.02 Å². The maximum absolute atomic E-state index is 12.2. The molecule has 10 heteroatoms. The molecule has 0 radical (unpaired) electrons. The van der Waals surface area contributed by atoms with E-state index in [1.165, 1.54) is 17.6 Å². The van der Waals surface area contributed by atoms with Crippen molar-refractivity contribution in [3.63, 3.8) is 0 Å². The van der Waals surface area contributed by atoms with E-state index in [0.717, 1.165) is 11.3 Å². The lowest BCUT2D eigenvalue weighted by Gasteiger charge is -2.02. The van der Waals surface area contributed by atoms with E-state index in [-0.39, 0.29) is 24.0 Å². The highest BCUT2D eigenvalue weighted by molar-refractivity contribution is 7.14. The van der Waals surface area contributed by atoms with Crippen molar-refractivity contribution in [2.24, 2.45) is 0 Å². The molecule has 30 heavy (non-hydrogen) atoms. The number of carbonyl (C=O) groups is 2. The molecule has 0 saturated heterocycles. The highest BCUT2D eigenvalue weighted by Gasteiger charge is 2.13. The number of carbonyl (C=O) groups excluding carboxylic acids is 2. The van der Waals surface area contributed by atoms with E-state index >= 15 is 0 Å². The Balaban J connectivity index is 1.28. The van der Waals surface area contributed by atoms with Gasteiger partial charge >= 0.3 is 0 Å². The molecular weight excluding hydrogens is 426 g/mol. The summed E-state index contributed by atoms with van der Waals surface area (Å²) in [6, 6.07) is 10.5. The summed E-state index contributed by atoms with van der Waals surface area (Å²) in [7, 11) is 0. The van der Waals surface area contributed by atoms with Gasteiger partial charge in [0.25, 0.3) is 5.91 Å². The molecule has 0 aliphatic heterocycles. The summed E-state index contributed by atoms with van der Waals surface area (Å²) in [6.07, 6.45) is 5.07. The zero-order chi connectivity index (χ0) is 20.9. The number of aromatic nitrogens is 3. The number of hydrogen-bond donors (Lipinski definition) is 2. The van der Waals surface area contributed by atoms with Gasteiger partial charge in [0, 0.05) is 28.7 Å². The molecule has 0 unspecified atom stereocenters. The van der Waals surface area contributed by atoms with E-state index in [9.17, 15) is 9.59 Å². The van der Waals surface area contributed by atoms with Gasteiger partial charge in [0.15, 0.2) is 10.9 Å². The van der Waals surface area contributed by atoms with Crippen molar-refractivity contribution in [1.29, 1.82) is 0 Å². The van der Waals surface area contributed by atoms with Gasteiger partial charge in [0.05, 0.1) is 30.3 Å². The lowest BCUT2D eigenvalue weighted by Crippen LogP contribution is -2.24. The average Bonchev–Trinajstić information content (AvgIpc) is 3.49. The first-order valence-electron chi connectivity index (χ1n) is 8.92. The zero-order valence-electron chi connectivity index (χ0n) is 15.5. The molecule has 0 aliphatic carbocycles. The molecule has 2 amide bonds. The van der Waals surface area contributed by atoms with Crippen molar-refractivity contribution in [1.82, 2.24) is 20.1 Å². The number of furan rings is 1. The predicted octanol–water partition coefficient (Wildman–Crippen LogP) is 3.69. The van der Waals surface area contributed by atoms with Crippen LogP contribution in [0.25, 0.3) is 5.69 Å². The van der Waals surface area contributed by atoms with Gasteiger partial charge in [-0.3, -0.25) is 14.9 Å². The van der Waals surface area contributed by atoms with Crippen molar-refractivity contribution in [3.05, 3.63) is 82.5 Å². The summed E-state index contributed by atoms with van der Waals surface area (Å²) < 4.78 is 6.75. The Kier molecular flexibility index (Phi) is 5.92. The number of amides is 2. The van der Waals surface area contributed by atoms with Crippen LogP contribution >= 0.6 is 22.9 Å². The Bertz CT molecular complexity index is 1150. The summed E-state index contributed by atoms with van der Waals surface area (Å²) in [5.74, 6) is -0.366. The van der Waals surface area contributed by atoms with Crippen LogP contribution in [0.5, 0.6) is 0 Å². The van der Waals surface area contributed by atoms with Crippen LogP contribution in [-0.4, -0.2) is 26.6 Å². The Morgan fingerprint density at radius 2 is 2.03 bits per heavy atom. The maximum Gasteiger partial charge on any atom is 0.293 e. The molecule has 2 N–H and O–H groups in total. The van der Waals surface area contributed by atoms with Gasteiger partial charge in [-0.15, -0.1) is 11.3 Å². The van der Waals surface area contributed by atoms with Crippen LogP contribution in [0.3, 0.4) is 0 Å². The Morgan fingerprint density at radius 1 is 1.20 bits per heavy atom. The summed E-state index contributed by atoms with van der Waals surface area (Å²) in [5.41, 5.74) is 2.32. The number of hydrogen-bond acceptors (Lipinski definition) is 6. The van der Waals surface area contributed by atoms with Gasteiger partial charge in [-0.1, -0.05) is 11.6 Å². The quantitative estimate of drug-likeness (QED) is 0.455. The Labute approximate surface area is 180 Å². The third-order valence-corrected chi connectivity index (χ3v) is 5.13. The normalized spacial score (nSPS) is 10.7. The van der Waals surface area contributed by atoms with Crippen molar-refractivity contribution in [2.45, 2.75) is 13.0 Å². The molecule has 4 rings (SSSR count). The van der Waals surface area contributed by atoms with Crippen molar-refractivity contribution in [3.8, 4) is 5.69 Å². The van der Waals surface area contributed by atoms with E-state index in [1.54, 1.807) is 40.5 Å². The molecule has 1 aromatic carbocycles. The topological polar surface area (TPSA) is 102 Å². The molecule has 3 aromatic heterocycles. The van der Waals surface area contributed by atoms with Gasteiger partial charge in [0.2, 0.25) is 5.91 Å². The Hall–Kier alpha value is -3.43. The van der Waals surface area contributed by atoms with Crippen LogP contribution in [0.4, 0.5) is 5.13 Å². The predicted molar refractivity (Wildman–Crippen MR) is 113 cm³/mol. The minimum atomic E-state index is -0.386. The molecule has 0 fully saturated rings. The highest BCUT2D eigenvalue weighted by Crippen LogP contribution is 2.17. The first-order valence-corrected chi connectivity index (χ1v) is 10.2. The smallest absolute Gasteiger partial charge is 0.293 e. The third kappa shape index (κ3) is 4.94. The van der Waals surface area contributed by atoms with E-state index in [2.05, 4.69) is 20.7 Å². The maximum atomic E-state index is 12.2. The highest BCUT2D eigenvalue weighted by atomic mass is 35.5. The monoisotopic (exact) mass is 441 g/mol. The van der Waals surface area contributed by atoms with Crippen molar-refractivity contribution < 1.29 is 14.0 Å². The average molecular weight is 442 g/mol. The number of anilines is 1. The van der Waals surface area contributed by atoms with Crippen molar-refractivity contribution in [2.75, 3.05) is 5.32 Å². The van der Waals surface area contributed by atoms with Gasteiger partial charge in [-0.05, 0) is 36.4 Å². The minimum absolute atomic E-state index is 0.110. The van der Waals surface area contributed by atoms with Gasteiger partial charge in [-0.2, -0.15) is 5.10 Å². The minimum Gasteiger partial charge on any atom is -0.459 e. The zero-order valence-corrected chi connectivity index (χ0v) is 17.1. The molecule has 0 bridgehead atoms. The molecular formula is C20H16ClN5O3S. The summed E-state index contributed by atoms with van der Waals surface area (Å²) in [5, 5.41) is 12.6. The fourth-order valence-electron chi connectivity index (χ4n) is 2.63. The number of rotatable bonds is 7. The second-order valence-electron chi connectivity index (χ2n) is 6.30. The summed E-state index contributed by atoms with van der Waals surface area (Å²) in [6.45, 7) is 0.346. The van der Waals surface area contributed by atoms with E-state index < -0.39 is 0 Å². The van der Waals surface area contributed by atoms with E-state index in [1.807, 2.05) is 18.3 Å². The first-order chi connectivity index (χ1) is 14.6. The first kappa shape index (κ1) is 19.9. The van der Waals surface area contributed by atoms with Crippen LogP contribution < -0.4 is 10.6 Å². The molecule has 4 aromatic rings.